The predicted octanol–water partition coefficient (Wildman–Crippen LogP) is 5.10. The maximum absolute atomic E-state index is 14.0. The van der Waals surface area contributed by atoms with Crippen molar-refractivity contribution in [3.63, 3.8) is 0 Å². The molecule has 1 saturated heterocycles. The number of ether oxygens (including phenoxy) is 2. The van der Waals surface area contributed by atoms with Crippen LogP contribution in [0.5, 0.6) is 0 Å². The Hall–Kier alpha value is -5.30. The monoisotopic (exact) mass is 600 g/mol. The first-order chi connectivity index (χ1) is 20.6. The minimum absolute atomic E-state index is 0.0206. The lowest BCUT2D eigenvalue weighted by Gasteiger charge is -2.16. The summed E-state index contributed by atoms with van der Waals surface area (Å²) in [6.07, 6.45) is 0. The molecule has 0 spiro atoms. The molecule has 0 radical (unpaired) electrons. The predicted molar refractivity (Wildman–Crippen MR) is 160 cm³/mol. The summed E-state index contributed by atoms with van der Waals surface area (Å²) < 4.78 is 10.1. The fraction of sp³-hybridized carbons (Fsp3) is 0.167. The van der Waals surface area contributed by atoms with Gasteiger partial charge < -0.3 is 14.4 Å². The van der Waals surface area contributed by atoms with E-state index in [0.29, 0.717) is 22.6 Å². The summed E-state index contributed by atoms with van der Waals surface area (Å²) >= 11 is 0.940. The van der Waals surface area contributed by atoms with Gasteiger partial charge in [0.05, 0.1) is 56.8 Å². The number of thioether (sulfide) groups is 1. The first-order valence-electron chi connectivity index (χ1n) is 13.1. The lowest BCUT2D eigenvalue weighted by atomic mass is 10.1. The van der Waals surface area contributed by atoms with Crippen molar-refractivity contribution < 1.29 is 33.6 Å². The van der Waals surface area contributed by atoms with Gasteiger partial charge in [-0.1, -0.05) is 0 Å². The number of nitro groups is 1. The number of carbonyl (C=O) groups excluding carboxylic acids is 4. The van der Waals surface area contributed by atoms with Crippen LogP contribution in [-0.2, 0) is 19.1 Å². The highest BCUT2D eigenvalue weighted by molar-refractivity contribution is 8.19. The molecule has 2 aliphatic rings. The van der Waals surface area contributed by atoms with Gasteiger partial charge in [0.15, 0.2) is 5.17 Å². The second-order valence-electron chi connectivity index (χ2n) is 9.20. The van der Waals surface area contributed by atoms with Crippen LogP contribution in [0.3, 0.4) is 0 Å². The first-order valence-corrected chi connectivity index (χ1v) is 13.9. The SMILES string of the molecule is CCOC(=O)c1ccc(N=C2SC(=C3C(=O)N(C)c4ccc([N+](=O)[O-])cc43)C(=O)N2c2ccc(C(=O)OCC)cc2)cc1. The molecule has 5 rings (SSSR count). The van der Waals surface area contributed by atoms with Gasteiger partial charge in [-0.05, 0) is 80.2 Å². The average molecular weight is 601 g/mol. The molecule has 43 heavy (non-hydrogen) atoms. The molecule has 0 aliphatic carbocycles. The van der Waals surface area contributed by atoms with Gasteiger partial charge in [0.2, 0.25) is 0 Å². The Balaban J connectivity index is 1.62. The third-order valence-corrected chi connectivity index (χ3v) is 7.63. The summed E-state index contributed by atoms with van der Waals surface area (Å²) in [6, 6.07) is 16.4. The van der Waals surface area contributed by atoms with Crippen LogP contribution in [0.15, 0.2) is 76.6 Å². The van der Waals surface area contributed by atoms with Gasteiger partial charge in [-0.2, -0.15) is 0 Å². The van der Waals surface area contributed by atoms with Crippen molar-refractivity contribution >= 4 is 69.0 Å². The van der Waals surface area contributed by atoms with Gasteiger partial charge in [0, 0.05) is 24.7 Å². The zero-order chi connectivity index (χ0) is 30.8. The van der Waals surface area contributed by atoms with E-state index in [-0.39, 0.29) is 45.7 Å². The summed E-state index contributed by atoms with van der Waals surface area (Å²) in [6.45, 7) is 3.82. The molecule has 13 heteroatoms. The Morgan fingerprint density at radius 2 is 1.47 bits per heavy atom. The summed E-state index contributed by atoms with van der Waals surface area (Å²) in [7, 11) is 1.52. The Morgan fingerprint density at radius 3 is 2.02 bits per heavy atom. The molecule has 3 aromatic carbocycles. The van der Waals surface area contributed by atoms with Crippen molar-refractivity contribution in [1.82, 2.24) is 0 Å². The molecule has 2 aliphatic heterocycles. The molecule has 218 valence electrons. The number of aliphatic imine (C=N–C) groups is 1. The number of hydrogen-bond donors (Lipinski definition) is 0. The smallest absolute Gasteiger partial charge is 0.338 e. The van der Waals surface area contributed by atoms with Crippen LogP contribution < -0.4 is 9.80 Å². The largest absolute Gasteiger partial charge is 0.462 e. The number of fused-ring (bicyclic) bond motifs is 1. The maximum Gasteiger partial charge on any atom is 0.338 e. The van der Waals surface area contributed by atoms with E-state index < -0.39 is 28.7 Å². The zero-order valence-electron chi connectivity index (χ0n) is 23.2. The molecule has 12 nitrogen and oxygen atoms in total. The van der Waals surface area contributed by atoms with Crippen molar-refractivity contribution in [2.75, 3.05) is 30.1 Å². The Labute approximate surface area is 249 Å². The van der Waals surface area contributed by atoms with E-state index in [2.05, 4.69) is 4.99 Å². The van der Waals surface area contributed by atoms with Gasteiger partial charge in [0.25, 0.3) is 17.5 Å². The van der Waals surface area contributed by atoms with Crippen molar-refractivity contribution in [1.29, 1.82) is 0 Å². The van der Waals surface area contributed by atoms with Crippen LogP contribution in [0.4, 0.5) is 22.7 Å². The minimum atomic E-state index is -0.577. The number of benzene rings is 3. The maximum atomic E-state index is 14.0. The first kappa shape index (κ1) is 29.2. The summed E-state index contributed by atoms with van der Waals surface area (Å²) in [5, 5.41) is 11.7. The van der Waals surface area contributed by atoms with Crippen LogP contribution in [0.1, 0.15) is 40.1 Å². The van der Waals surface area contributed by atoms with Gasteiger partial charge in [0.1, 0.15) is 0 Å². The molecular weight excluding hydrogens is 576 g/mol. The number of nitrogens with zero attached hydrogens (tertiary/aromatic N) is 4. The third kappa shape index (κ3) is 5.49. The molecule has 0 saturated carbocycles. The second kappa shape index (κ2) is 11.9. The lowest BCUT2D eigenvalue weighted by molar-refractivity contribution is -0.384. The van der Waals surface area contributed by atoms with Crippen LogP contribution in [-0.4, -0.2) is 54.1 Å². The van der Waals surface area contributed by atoms with Crippen LogP contribution in [0.2, 0.25) is 0 Å². The molecule has 2 heterocycles. The number of likely N-dealkylation sites (N-methyl/N-ethyl adjacent to an activating group) is 1. The molecular formula is C30H24N4O8S. The molecule has 0 N–H and O–H groups in total. The van der Waals surface area contributed by atoms with Crippen LogP contribution >= 0.6 is 11.8 Å². The molecule has 1 fully saturated rings. The summed E-state index contributed by atoms with van der Waals surface area (Å²) in [4.78, 5) is 69.9. The highest BCUT2D eigenvalue weighted by Crippen LogP contribution is 2.46. The molecule has 0 bridgehead atoms. The topological polar surface area (TPSA) is 149 Å². The van der Waals surface area contributed by atoms with E-state index in [1.165, 1.54) is 47.2 Å². The number of carbonyl (C=O) groups is 4. The van der Waals surface area contributed by atoms with Gasteiger partial charge in [-0.25, -0.2) is 14.6 Å². The number of anilines is 2. The standard InChI is InChI=1S/C30H24N4O8S/c1-4-41-28(37)17-6-10-19(11-7-17)31-30-33(20-12-8-18(9-13-20)29(38)42-5-2)27(36)25(43-30)24-22-16-21(34(39)40)14-15-23(22)32(3)26(24)35/h6-16H,4-5H2,1-3H3. The van der Waals surface area contributed by atoms with E-state index in [1.807, 2.05) is 0 Å². The number of hydrogen-bond acceptors (Lipinski definition) is 10. The minimum Gasteiger partial charge on any atom is -0.462 e. The molecule has 0 unspecified atom stereocenters. The highest BCUT2D eigenvalue weighted by Gasteiger charge is 2.43. The Kier molecular flexibility index (Phi) is 8.08. The lowest BCUT2D eigenvalue weighted by Crippen LogP contribution is -2.29. The van der Waals surface area contributed by atoms with Crippen molar-refractivity contribution in [3.8, 4) is 0 Å². The van der Waals surface area contributed by atoms with Crippen molar-refractivity contribution in [2.24, 2.45) is 4.99 Å². The number of nitro benzene ring substituents is 1. The molecule has 3 aromatic rings. The van der Waals surface area contributed by atoms with E-state index in [1.54, 1.807) is 50.2 Å². The molecule has 0 atom stereocenters. The number of rotatable bonds is 7. The van der Waals surface area contributed by atoms with Crippen molar-refractivity contribution in [2.45, 2.75) is 13.8 Å². The van der Waals surface area contributed by atoms with Crippen LogP contribution in [0.25, 0.3) is 5.57 Å². The summed E-state index contributed by atoms with van der Waals surface area (Å²) in [5.41, 5.74) is 1.87. The van der Waals surface area contributed by atoms with E-state index in [0.717, 1.165) is 11.8 Å². The van der Waals surface area contributed by atoms with Gasteiger partial charge in [-0.3, -0.25) is 24.6 Å². The fourth-order valence-corrected chi connectivity index (χ4v) is 5.62. The normalized spacial score (nSPS) is 17.0. The van der Waals surface area contributed by atoms with E-state index in [9.17, 15) is 29.3 Å². The van der Waals surface area contributed by atoms with Gasteiger partial charge in [-0.15, -0.1) is 0 Å². The quantitative estimate of drug-likeness (QED) is 0.156. The Morgan fingerprint density at radius 1 is 0.884 bits per heavy atom. The highest BCUT2D eigenvalue weighted by atomic mass is 32.2. The number of amidine groups is 1. The summed E-state index contributed by atoms with van der Waals surface area (Å²) in [5.74, 6) is -2.08. The molecule has 0 aromatic heterocycles. The Bertz CT molecular complexity index is 1730. The van der Waals surface area contributed by atoms with E-state index in [4.69, 9.17) is 9.47 Å². The number of amides is 2. The molecule has 2 amide bonds. The fourth-order valence-electron chi connectivity index (χ4n) is 4.53. The van der Waals surface area contributed by atoms with E-state index >= 15 is 0 Å². The van der Waals surface area contributed by atoms with Crippen LogP contribution in [0, 0.1) is 10.1 Å². The van der Waals surface area contributed by atoms with Gasteiger partial charge >= 0.3 is 11.9 Å². The van der Waals surface area contributed by atoms with Crippen molar-refractivity contribution in [3.05, 3.63) is 98.4 Å². The zero-order valence-corrected chi connectivity index (χ0v) is 24.0. The third-order valence-electron chi connectivity index (χ3n) is 6.59. The second-order valence-corrected chi connectivity index (χ2v) is 10.2. The number of non-ortho nitro benzene ring substituents is 1. The number of esters is 2. The average Bonchev–Trinajstić information content (AvgIpc) is 3.44.